The molecule has 0 heterocycles. The fraction of sp³-hybridized carbons (Fsp3) is 0.538. The van der Waals surface area contributed by atoms with Gasteiger partial charge in [0.1, 0.15) is 10.7 Å². The Kier molecular flexibility index (Phi) is 4.10. The minimum absolute atomic E-state index is 0.130. The van der Waals surface area contributed by atoms with Gasteiger partial charge in [-0.1, -0.05) is 19.8 Å². The molecule has 1 saturated carbocycles. The zero-order valence-electron chi connectivity index (χ0n) is 10.9. The zero-order valence-corrected chi connectivity index (χ0v) is 11.7. The summed E-state index contributed by atoms with van der Waals surface area (Å²) in [5, 5.41) is 0. The second-order valence-corrected chi connectivity index (χ2v) is 6.78. The molecule has 0 aromatic heterocycles. The van der Waals surface area contributed by atoms with Gasteiger partial charge in [-0.25, -0.2) is 17.5 Å². The molecule has 106 valence electrons. The van der Waals surface area contributed by atoms with E-state index in [-0.39, 0.29) is 16.6 Å². The Bertz CT molecular complexity index is 556. The Morgan fingerprint density at radius 1 is 1.47 bits per heavy atom. The van der Waals surface area contributed by atoms with Crippen LogP contribution in [-0.2, 0) is 10.0 Å². The van der Waals surface area contributed by atoms with E-state index in [2.05, 4.69) is 4.72 Å². The van der Waals surface area contributed by atoms with E-state index in [4.69, 9.17) is 5.73 Å². The molecule has 0 bridgehead atoms. The van der Waals surface area contributed by atoms with E-state index in [1.54, 1.807) is 0 Å². The van der Waals surface area contributed by atoms with Gasteiger partial charge in [0.2, 0.25) is 10.0 Å². The summed E-state index contributed by atoms with van der Waals surface area (Å²) < 4.78 is 40.5. The van der Waals surface area contributed by atoms with Gasteiger partial charge in [-0.2, -0.15) is 0 Å². The summed E-state index contributed by atoms with van der Waals surface area (Å²) in [4.78, 5) is -0.337. The average molecular weight is 286 g/mol. The SMILES string of the molecule is CCC(CC1CC1)NS(=O)(=O)c1ccc(N)cc1F. The van der Waals surface area contributed by atoms with Gasteiger partial charge in [-0.15, -0.1) is 0 Å². The molecule has 1 aliphatic rings. The molecule has 1 aromatic carbocycles. The van der Waals surface area contributed by atoms with Gasteiger partial charge in [-0.05, 0) is 37.0 Å². The van der Waals surface area contributed by atoms with E-state index >= 15 is 0 Å². The highest BCUT2D eigenvalue weighted by molar-refractivity contribution is 7.89. The van der Waals surface area contributed by atoms with Crippen molar-refractivity contribution in [3.05, 3.63) is 24.0 Å². The van der Waals surface area contributed by atoms with Crippen LogP contribution in [0.4, 0.5) is 10.1 Å². The van der Waals surface area contributed by atoms with Crippen molar-refractivity contribution in [3.63, 3.8) is 0 Å². The smallest absolute Gasteiger partial charge is 0.243 e. The van der Waals surface area contributed by atoms with Crippen molar-refractivity contribution in [3.8, 4) is 0 Å². The molecular weight excluding hydrogens is 267 g/mol. The number of sulfonamides is 1. The normalized spacial score (nSPS) is 17.4. The molecule has 4 nitrogen and oxygen atoms in total. The van der Waals surface area contributed by atoms with Crippen LogP contribution in [0.1, 0.15) is 32.6 Å². The van der Waals surface area contributed by atoms with E-state index in [0.29, 0.717) is 12.3 Å². The lowest BCUT2D eigenvalue weighted by Crippen LogP contribution is -2.35. The second-order valence-electron chi connectivity index (χ2n) is 5.10. The van der Waals surface area contributed by atoms with Gasteiger partial charge in [0.05, 0.1) is 0 Å². The van der Waals surface area contributed by atoms with Crippen LogP contribution in [0, 0.1) is 11.7 Å². The Balaban J connectivity index is 2.15. The fourth-order valence-corrected chi connectivity index (χ4v) is 3.46. The fourth-order valence-electron chi connectivity index (χ4n) is 2.07. The maximum Gasteiger partial charge on any atom is 0.243 e. The zero-order chi connectivity index (χ0) is 14.0. The summed E-state index contributed by atoms with van der Waals surface area (Å²) in [6.07, 6.45) is 3.85. The number of hydrogen-bond donors (Lipinski definition) is 2. The van der Waals surface area contributed by atoms with Gasteiger partial charge in [0, 0.05) is 11.7 Å². The molecule has 2 rings (SSSR count). The summed E-state index contributed by atoms with van der Waals surface area (Å²) in [5.74, 6) is -0.197. The number of nitrogens with one attached hydrogen (secondary N) is 1. The minimum Gasteiger partial charge on any atom is -0.399 e. The monoisotopic (exact) mass is 286 g/mol. The summed E-state index contributed by atoms with van der Waals surface area (Å²) >= 11 is 0. The molecule has 1 atom stereocenters. The van der Waals surface area contributed by atoms with E-state index < -0.39 is 15.8 Å². The maximum absolute atomic E-state index is 13.7. The molecule has 1 unspecified atom stereocenters. The van der Waals surface area contributed by atoms with Gasteiger partial charge in [0.25, 0.3) is 0 Å². The van der Waals surface area contributed by atoms with Gasteiger partial charge < -0.3 is 5.73 Å². The highest BCUT2D eigenvalue weighted by atomic mass is 32.2. The van der Waals surface area contributed by atoms with Gasteiger partial charge >= 0.3 is 0 Å². The van der Waals surface area contributed by atoms with Crippen molar-refractivity contribution < 1.29 is 12.8 Å². The predicted molar refractivity (Wildman–Crippen MR) is 72.6 cm³/mol. The van der Waals surface area contributed by atoms with E-state index in [9.17, 15) is 12.8 Å². The standard InChI is InChI=1S/C13H19FN2O2S/c1-2-11(7-9-3-4-9)16-19(17,18)13-6-5-10(15)8-12(13)14/h5-6,8-9,11,16H,2-4,7,15H2,1H3. The Hall–Kier alpha value is -1.14. The third kappa shape index (κ3) is 3.67. The molecule has 6 heteroatoms. The number of anilines is 1. The second kappa shape index (κ2) is 5.46. The number of nitrogen functional groups attached to an aromatic ring is 1. The predicted octanol–water partition coefficient (Wildman–Crippen LogP) is 2.26. The Morgan fingerprint density at radius 2 is 2.16 bits per heavy atom. The van der Waals surface area contributed by atoms with Crippen LogP contribution in [0.3, 0.4) is 0 Å². The number of hydrogen-bond acceptors (Lipinski definition) is 3. The molecule has 3 N–H and O–H groups in total. The summed E-state index contributed by atoms with van der Waals surface area (Å²) in [6.45, 7) is 1.93. The van der Waals surface area contributed by atoms with E-state index in [0.717, 1.165) is 25.3 Å². The topological polar surface area (TPSA) is 72.2 Å². The largest absolute Gasteiger partial charge is 0.399 e. The van der Waals surface area contributed by atoms with Crippen LogP contribution in [0.5, 0.6) is 0 Å². The molecule has 19 heavy (non-hydrogen) atoms. The summed E-state index contributed by atoms with van der Waals surface area (Å²) in [5.41, 5.74) is 5.63. The molecule has 1 aromatic rings. The van der Waals surface area contributed by atoms with Crippen LogP contribution in [0.15, 0.2) is 23.1 Å². The lowest BCUT2D eigenvalue weighted by atomic mass is 10.1. The highest BCUT2D eigenvalue weighted by Crippen LogP contribution is 2.34. The van der Waals surface area contributed by atoms with Crippen molar-refractivity contribution in [2.24, 2.45) is 5.92 Å². The molecule has 0 aliphatic heterocycles. The van der Waals surface area contributed by atoms with E-state index in [1.165, 1.54) is 12.1 Å². The van der Waals surface area contributed by atoms with Crippen molar-refractivity contribution >= 4 is 15.7 Å². The van der Waals surface area contributed by atoms with Crippen LogP contribution < -0.4 is 10.5 Å². The van der Waals surface area contributed by atoms with Crippen molar-refractivity contribution in [2.45, 2.75) is 43.5 Å². The first kappa shape index (κ1) is 14.3. The maximum atomic E-state index is 13.7. The Labute approximate surface area is 113 Å². The third-order valence-electron chi connectivity index (χ3n) is 3.37. The first-order chi connectivity index (χ1) is 8.92. The minimum atomic E-state index is -3.82. The van der Waals surface area contributed by atoms with Crippen LogP contribution in [-0.4, -0.2) is 14.5 Å². The van der Waals surface area contributed by atoms with Crippen LogP contribution >= 0.6 is 0 Å². The number of benzene rings is 1. The number of nitrogens with two attached hydrogens (primary N) is 1. The first-order valence-corrected chi connectivity index (χ1v) is 7.98. The number of rotatable bonds is 6. The highest BCUT2D eigenvalue weighted by Gasteiger charge is 2.28. The number of halogens is 1. The molecule has 0 spiro atoms. The van der Waals surface area contributed by atoms with Gasteiger partial charge in [0.15, 0.2) is 0 Å². The summed E-state index contributed by atoms with van der Waals surface area (Å²) in [7, 11) is -3.82. The molecular formula is C13H19FN2O2S. The summed E-state index contributed by atoms with van der Waals surface area (Å²) in [6, 6.07) is 3.49. The van der Waals surface area contributed by atoms with Crippen molar-refractivity contribution in [2.75, 3.05) is 5.73 Å². The lowest BCUT2D eigenvalue weighted by Gasteiger charge is -2.17. The quantitative estimate of drug-likeness (QED) is 0.788. The van der Waals surface area contributed by atoms with Crippen molar-refractivity contribution in [1.82, 2.24) is 4.72 Å². The van der Waals surface area contributed by atoms with Crippen LogP contribution in [0.2, 0.25) is 0 Å². The average Bonchev–Trinajstić information content (AvgIpc) is 3.11. The first-order valence-electron chi connectivity index (χ1n) is 6.49. The molecule has 0 radical (unpaired) electrons. The van der Waals surface area contributed by atoms with E-state index in [1.807, 2.05) is 6.92 Å². The molecule has 1 fully saturated rings. The third-order valence-corrected chi connectivity index (χ3v) is 4.93. The van der Waals surface area contributed by atoms with Gasteiger partial charge in [-0.3, -0.25) is 0 Å². The molecule has 0 amide bonds. The lowest BCUT2D eigenvalue weighted by molar-refractivity contribution is 0.491. The van der Waals surface area contributed by atoms with Crippen LogP contribution in [0.25, 0.3) is 0 Å². The van der Waals surface area contributed by atoms with Crippen molar-refractivity contribution in [1.29, 1.82) is 0 Å². The molecule has 1 aliphatic carbocycles. The molecule has 0 saturated heterocycles. The Morgan fingerprint density at radius 3 is 2.68 bits per heavy atom.